The molecule has 0 saturated carbocycles. The number of nitrogens with zero attached hydrogens (tertiary/aromatic N) is 3. The van der Waals surface area contributed by atoms with Crippen molar-refractivity contribution < 1.29 is 9.53 Å². The first-order valence-electron chi connectivity index (χ1n) is 8.69. The summed E-state index contributed by atoms with van der Waals surface area (Å²) in [7, 11) is 1.83. The number of esters is 1. The Bertz CT molecular complexity index is 964. The van der Waals surface area contributed by atoms with E-state index in [0.29, 0.717) is 11.5 Å². The molecule has 0 bridgehead atoms. The zero-order valence-electron chi connectivity index (χ0n) is 15.7. The van der Waals surface area contributed by atoms with Gasteiger partial charge in [0.05, 0.1) is 18.0 Å². The molecule has 0 radical (unpaired) electrons. The van der Waals surface area contributed by atoms with Gasteiger partial charge in [0.15, 0.2) is 5.69 Å². The van der Waals surface area contributed by atoms with Crippen LogP contribution in [0.25, 0.3) is 22.6 Å². The third kappa shape index (κ3) is 3.74. The highest BCUT2D eigenvalue weighted by Gasteiger charge is 2.21. The number of hydrogen-bond donors (Lipinski definition) is 1. The predicted octanol–water partition coefficient (Wildman–Crippen LogP) is 4.28. The van der Waals surface area contributed by atoms with Crippen LogP contribution in [-0.2, 0) is 4.74 Å². The van der Waals surface area contributed by atoms with Gasteiger partial charge >= 0.3 is 5.97 Å². The highest BCUT2D eigenvalue weighted by molar-refractivity contribution is 5.95. The van der Waals surface area contributed by atoms with Crippen LogP contribution in [0.4, 0.5) is 5.69 Å². The Kier molecular flexibility index (Phi) is 5.35. The number of hydrogen-bond acceptors (Lipinski definition) is 5. The Balaban J connectivity index is 2.15. The van der Waals surface area contributed by atoms with Gasteiger partial charge in [0.2, 0.25) is 0 Å². The summed E-state index contributed by atoms with van der Waals surface area (Å²) in [5.41, 5.74) is 4.54. The first-order chi connectivity index (χ1) is 13.0. The first-order valence-corrected chi connectivity index (χ1v) is 8.69. The topological polar surface area (TPSA) is 70.6 Å². The molecule has 6 nitrogen and oxygen atoms in total. The predicted molar refractivity (Wildman–Crippen MR) is 108 cm³/mol. The van der Waals surface area contributed by atoms with Gasteiger partial charge in [0.1, 0.15) is 5.82 Å². The van der Waals surface area contributed by atoms with Crippen molar-refractivity contribution in [1.29, 1.82) is 0 Å². The van der Waals surface area contributed by atoms with Crippen molar-refractivity contribution in [3.05, 3.63) is 59.8 Å². The first kappa shape index (κ1) is 18.4. The fraction of sp³-hybridized carbons (Fsp3) is 0.190. The van der Waals surface area contributed by atoms with E-state index in [-0.39, 0.29) is 12.3 Å². The normalized spacial score (nSPS) is 10.5. The lowest BCUT2D eigenvalue weighted by Crippen LogP contribution is -2.09. The number of aryl methyl sites for hydroxylation is 1. The van der Waals surface area contributed by atoms with E-state index >= 15 is 0 Å². The molecule has 0 amide bonds. The Hall–Kier alpha value is -3.41. The Morgan fingerprint density at radius 2 is 1.96 bits per heavy atom. The molecule has 1 aromatic heterocycles. The molecule has 0 atom stereocenters. The lowest BCUT2D eigenvalue weighted by Gasteiger charge is -2.16. The maximum Gasteiger partial charge on any atom is 0.359 e. The molecule has 0 aliphatic carbocycles. The monoisotopic (exact) mass is 362 g/mol. The summed E-state index contributed by atoms with van der Waals surface area (Å²) in [6, 6.07) is 15.5. The van der Waals surface area contributed by atoms with Crippen molar-refractivity contribution in [3.8, 4) is 22.6 Å². The van der Waals surface area contributed by atoms with E-state index in [1.54, 1.807) is 11.9 Å². The molecule has 2 aromatic carbocycles. The van der Waals surface area contributed by atoms with Gasteiger partial charge in [-0.15, -0.1) is 0 Å². The molecule has 27 heavy (non-hydrogen) atoms. The maximum absolute atomic E-state index is 12.5. The van der Waals surface area contributed by atoms with E-state index in [2.05, 4.69) is 21.8 Å². The zero-order chi connectivity index (χ0) is 19.4. The van der Waals surface area contributed by atoms with Gasteiger partial charge in [0.25, 0.3) is 0 Å². The molecule has 0 unspecified atom stereocenters. The number of benzene rings is 2. The average Bonchev–Trinajstić information content (AvgIpc) is 3.14. The van der Waals surface area contributed by atoms with E-state index in [1.807, 2.05) is 62.5 Å². The summed E-state index contributed by atoms with van der Waals surface area (Å²) >= 11 is 0. The van der Waals surface area contributed by atoms with Crippen LogP contribution in [0.1, 0.15) is 23.0 Å². The van der Waals surface area contributed by atoms with Crippen LogP contribution >= 0.6 is 0 Å². The highest BCUT2D eigenvalue weighted by Crippen LogP contribution is 2.31. The molecule has 138 valence electrons. The summed E-state index contributed by atoms with van der Waals surface area (Å²) in [5.74, 6) is 0.161. The van der Waals surface area contributed by atoms with Crippen LogP contribution in [0, 0.1) is 6.92 Å². The van der Waals surface area contributed by atoms with Crippen molar-refractivity contribution in [2.45, 2.75) is 13.8 Å². The zero-order valence-corrected chi connectivity index (χ0v) is 15.7. The molecule has 0 aliphatic rings. The number of ether oxygens (including phenoxy) is 1. The van der Waals surface area contributed by atoms with Crippen LogP contribution in [0.15, 0.2) is 53.6 Å². The maximum atomic E-state index is 12.5. The Labute approximate surface area is 158 Å². The fourth-order valence-corrected chi connectivity index (χ4v) is 2.85. The number of carbonyl (C=O) groups is 1. The second-order valence-electron chi connectivity index (χ2n) is 6.06. The smallest absolute Gasteiger partial charge is 0.359 e. The minimum absolute atomic E-state index is 0.264. The van der Waals surface area contributed by atoms with E-state index in [9.17, 15) is 4.79 Å². The molecule has 1 heterocycles. The number of imidazole rings is 1. The SMILES string of the molecule is C=NN(C)c1cc(-c2[nH]c(-c3ccccc3)nc2C(=O)OCC)ccc1C. The van der Waals surface area contributed by atoms with Crippen molar-refractivity contribution in [2.75, 3.05) is 18.7 Å². The minimum Gasteiger partial charge on any atom is -0.461 e. The largest absolute Gasteiger partial charge is 0.461 e. The van der Waals surface area contributed by atoms with E-state index in [1.165, 1.54) is 0 Å². The second-order valence-corrected chi connectivity index (χ2v) is 6.06. The lowest BCUT2D eigenvalue weighted by atomic mass is 10.1. The van der Waals surface area contributed by atoms with Crippen LogP contribution in [0.3, 0.4) is 0 Å². The molecule has 0 spiro atoms. The number of rotatable bonds is 6. The number of H-pyrrole nitrogens is 1. The number of nitrogens with one attached hydrogen (secondary N) is 1. The average molecular weight is 362 g/mol. The quantitative estimate of drug-likeness (QED) is 0.404. The number of hydrazone groups is 1. The van der Waals surface area contributed by atoms with Gasteiger partial charge in [-0.05, 0) is 25.5 Å². The van der Waals surface area contributed by atoms with Crippen molar-refractivity contribution in [1.82, 2.24) is 9.97 Å². The number of aromatic amines is 1. The second kappa shape index (κ2) is 7.86. The summed E-state index contributed by atoms with van der Waals surface area (Å²) < 4.78 is 5.20. The number of aromatic nitrogens is 2. The van der Waals surface area contributed by atoms with Crippen molar-refractivity contribution in [2.24, 2.45) is 5.10 Å². The van der Waals surface area contributed by atoms with E-state index in [4.69, 9.17) is 4.74 Å². The fourth-order valence-electron chi connectivity index (χ4n) is 2.85. The molecule has 3 rings (SSSR count). The molecule has 0 aliphatic heterocycles. The lowest BCUT2D eigenvalue weighted by molar-refractivity contribution is 0.0521. The van der Waals surface area contributed by atoms with Crippen LogP contribution < -0.4 is 5.01 Å². The van der Waals surface area contributed by atoms with Crippen LogP contribution in [0.5, 0.6) is 0 Å². The van der Waals surface area contributed by atoms with Gasteiger partial charge in [-0.1, -0.05) is 42.5 Å². The van der Waals surface area contributed by atoms with Gasteiger partial charge < -0.3 is 9.72 Å². The van der Waals surface area contributed by atoms with Crippen LogP contribution in [0.2, 0.25) is 0 Å². The van der Waals surface area contributed by atoms with Gasteiger partial charge in [-0.25, -0.2) is 9.78 Å². The Morgan fingerprint density at radius 3 is 2.63 bits per heavy atom. The summed E-state index contributed by atoms with van der Waals surface area (Å²) in [4.78, 5) is 20.3. The molecular weight excluding hydrogens is 340 g/mol. The van der Waals surface area contributed by atoms with Gasteiger partial charge in [-0.2, -0.15) is 5.10 Å². The minimum atomic E-state index is -0.455. The Morgan fingerprint density at radius 1 is 1.22 bits per heavy atom. The molecule has 1 N–H and O–H groups in total. The molecule has 0 saturated heterocycles. The van der Waals surface area contributed by atoms with Crippen molar-refractivity contribution in [3.63, 3.8) is 0 Å². The van der Waals surface area contributed by atoms with Gasteiger partial charge in [-0.3, -0.25) is 5.01 Å². The van der Waals surface area contributed by atoms with Crippen LogP contribution in [-0.4, -0.2) is 36.3 Å². The highest BCUT2D eigenvalue weighted by atomic mass is 16.5. The van der Waals surface area contributed by atoms with E-state index in [0.717, 1.165) is 22.4 Å². The number of anilines is 1. The van der Waals surface area contributed by atoms with E-state index < -0.39 is 5.97 Å². The molecule has 6 heteroatoms. The number of carbonyl (C=O) groups excluding carboxylic acids is 1. The summed E-state index contributed by atoms with van der Waals surface area (Å²) in [6.07, 6.45) is 0. The molecule has 3 aromatic rings. The molecule has 0 fully saturated rings. The molecular formula is C21H22N4O2. The summed E-state index contributed by atoms with van der Waals surface area (Å²) in [6.45, 7) is 7.63. The third-order valence-corrected chi connectivity index (χ3v) is 4.28. The van der Waals surface area contributed by atoms with Gasteiger partial charge in [0, 0.05) is 24.9 Å². The summed E-state index contributed by atoms with van der Waals surface area (Å²) in [5, 5.41) is 5.65. The standard InChI is InChI=1S/C21H22N4O2/c1-5-27-21(26)19-18(23-20(24-19)15-9-7-6-8-10-15)16-12-11-14(2)17(13-16)25(4)22-3/h6-13H,3,5H2,1-2,4H3,(H,23,24). The van der Waals surface area contributed by atoms with Crippen molar-refractivity contribution >= 4 is 18.4 Å². The third-order valence-electron chi connectivity index (χ3n) is 4.28.